The molecule has 0 aliphatic carbocycles. The van der Waals surface area contributed by atoms with Gasteiger partial charge in [-0.25, -0.2) is 9.97 Å². The van der Waals surface area contributed by atoms with Crippen LogP contribution in [0.15, 0.2) is 42.9 Å². The number of amides is 1. The van der Waals surface area contributed by atoms with Crippen molar-refractivity contribution in [3.05, 3.63) is 71.1 Å². The molecule has 0 spiro atoms. The number of ether oxygens (including phenoxy) is 1. The molecule has 0 saturated carbocycles. The van der Waals surface area contributed by atoms with E-state index in [1.807, 2.05) is 62.3 Å². The molecule has 2 aromatic heterocycles. The number of pyridine rings is 1. The van der Waals surface area contributed by atoms with Gasteiger partial charge in [-0.05, 0) is 63.3 Å². The second-order valence-corrected chi connectivity index (χ2v) is 8.50. The minimum Gasteiger partial charge on any atom is -0.496 e. The van der Waals surface area contributed by atoms with Crippen LogP contribution >= 0.6 is 0 Å². The van der Waals surface area contributed by atoms with Gasteiger partial charge in [0, 0.05) is 36.3 Å². The van der Waals surface area contributed by atoms with E-state index >= 15 is 0 Å². The number of likely N-dealkylation sites (tertiary alicyclic amines) is 1. The number of aryl methyl sites for hydroxylation is 3. The fourth-order valence-electron chi connectivity index (χ4n) is 4.55. The molecule has 1 aromatic carbocycles. The van der Waals surface area contributed by atoms with Crippen LogP contribution in [0.1, 0.15) is 53.5 Å². The summed E-state index contributed by atoms with van der Waals surface area (Å²) in [5.41, 5.74) is 6.08. The summed E-state index contributed by atoms with van der Waals surface area (Å²) in [4.78, 5) is 29.1. The zero-order valence-electron chi connectivity index (χ0n) is 19.3. The monoisotopic (exact) mass is 430 g/mol. The lowest BCUT2D eigenvalue weighted by Gasteiger charge is -2.36. The molecule has 1 amide bonds. The van der Waals surface area contributed by atoms with Crippen LogP contribution < -0.4 is 4.74 Å². The highest BCUT2D eigenvalue weighted by Crippen LogP contribution is 2.37. The second kappa shape index (κ2) is 9.47. The number of nitrogens with zero attached hydrogens (tertiary/aromatic N) is 4. The molecule has 32 heavy (non-hydrogen) atoms. The van der Waals surface area contributed by atoms with Crippen LogP contribution in [0.25, 0.3) is 11.1 Å². The van der Waals surface area contributed by atoms with Crippen molar-refractivity contribution in [2.75, 3.05) is 13.7 Å². The van der Waals surface area contributed by atoms with E-state index in [1.54, 1.807) is 13.3 Å². The summed E-state index contributed by atoms with van der Waals surface area (Å²) >= 11 is 0. The summed E-state index contributed by atoms with van der Waals surface area (Å²) in [5.74, 6) is 1.57. The number of methoxy groups -OCH3 is 1. The highest BCUT2D eigenvalue weighted by Gasteiger charge is 2.31. The smallest absolute Gasteiger partial charge is 0.227 e. The van der Waals surface area contributed by atoms with E-state index < -0.39 is 0 Å². The first-order valence-corrected chi connectivity index (χ1v) is 11.2. The Bertz CT molecular complexity index is 1130. The van der Waals surface area contributed by atoms with Crippen molar-refractivity contribution in [1.29, 1.82) is 0 Å². The Kier molecular flexibility index (Phi) is 6.49. The first-order chi connectivity index (χ1) is 15.5. The third kappa shape index (κ3) is 4.49. The summed E-state index contributed by atoms with van der Waals surface area (Å²) in [5, 5.41) is 0. The number of hydrogen-bond acceptors (Lipinski definition) is 5. The molecule has 3 aromatic rings. The van der Waals surface area contributed by atoms with Crippen molar-refractivity contribution in [3.63, 3.8) is 0 Å². The summed E-state index contributed by atoms with van der Waals surface area (Å²) < 4.78 is 5.51. The normalized spacial score (nSPS) is 16.1. The Hall–Kier alpha value is -3.28. The van der Waals surface area contributed by atoms with Gasteiger partial charge in [-0.15, -0.1) is 0 Å². The number of aromatic nitrogens is 3. The summed E-state index contributed by atoms with van der Waals surface area (Å²) in [6.45, 7) is 6.71. The molecule has 0 bridgehead atoms. The lowest BCUT2D eigenvalue weighted by Crippen LogP contribution is -2.40. The molecule has 4 rings (SSSR count). The molecular formula is C26H30N4O2. The van der Waals surface area contributed by atoms with Crippen molar-refractivity contribution in [2.45, 2.75) is 52.5 Å². The molecule has 1 unspecified atom stereocenters. The highest BCUT2D eigenvalue weighted by molar-refractivity contribution is 5.81. The van der Waals surface area contributed by atoms with Crippen molar-refractivity contribution in [1.82, 2.24) is 19.9 Å². The van der Waals surface area contributed by atoms with Gasteiger partial charge in [-0.2, -0.15) is 0 Å². The molecule has 1 aliphatic heterocycles. The van der Waals surface area contributed by atoms with Crippen molar-refractivity contribution in [3.8, 4) is 16.9 Å². The molecule has 1 atom stereocenters. The third-order valence-electron chi connectivity index (χ3n) is 6.17. The number of hydrogen-bond donors (Lipinski definition) is 0. The Labute approximate surface area is 189 Å². The Morgan fingerprint density at radius 1 is 1.12 bits per heavy atom. The van der Waals surface area contributed by atoms with E-state index in [-0.39, 0.29) is 11.9 Å². The van der Waals surface area contributed by atoms with Gasteiger partial charge in [0.15, 0.2) is 0 Å². The molecule has 1 saturated heterocycles. The number of piperidine rings is 1. The van der Waals surface area contributed by atoms with Gasteiger partial charge in [-0.1, -0.05) is 17.7 Å². The van der Waals surface area contributed by atoms with Gasteiger partial charge >= 0.3 is 0 Å². The zero-order chi connectivity index (χ0) is 22.7. The van der Waals surface area contributed by atoms with Crippen molar-refractivity contribution in [2.24, 2.45) is 0 Å². The van der Waals surface area contributed by atoms with Gasteiger partial charge in [0.1, 0.15) is 11.6 Å². The number of carbonyl (C=O) groups is 1. The maximum absolute atomic E-state index is 13.5. The molecule has 6 nitrogen and oxygen atoms in total. The Morgan fingerprint density at radius 3 is 2.75 bits per heavy atom. The zero-order valence-corrected chi connectivity index (χ0v) is 19.3. The predicted octanol–water partition coefficient (Wildman–Crippen LogP) is 4.77. The SMILES string of the molecule is COc1ccc(C)cc1CC(=O)N1CCCCC1c1nc(C)ncc1-c1ccncc1C. The summed E-state index contributed by atoms with van der Waals surface area (Å²) in [6.07, 6.45) is 8.81. The highest BCUT2D eigenvalue weighted by atomic mass is 16.5. The fraction of sp³-hybridized carbons (Fsp3) is 0.385. The fourth-order valence-corrected chi connectivity index (χ4v) is 4.55. The van der Waals surface area contributed by atoms with E-state index in [0.29, 0.717) is 12.2 Å². The van der Waals surface area contributed by atoms with Crippen LogP contribution in [0.4, 0.5) is 0 Å². The molecule has 166 valence electrons. The van der Waals surface area contributed by atoms with E-state index in [0.717, 1.165) is 65.1 Å². The molecule has 0 N–H and O–H groups in total. The maximum Gasteiger partial charge on any atom is 0.227 e. The van der Waals surface area contributed by atoms with Crippen LogP contribution in [-0.4, -0.2) is 39.4 Å². The molecule has 3 heterocycles. The van der Waals surface area contributed by atoms with Gasteiger partial charge < -0.3 is 9.64 Å². The lowest BCUT2D eigenvalue weighted by atomic mass is 9.92. The minimum absolute atomic E-state index is 0.0729. The number of carbonyl (C=O) groups excluding carboxylic acids is 1. The Morgan fingerprint density at radius 2 is 1.97 bits per heavy atom. The lowest BCUT2D eigenvalue weighted by molar-refractivity contribution is -0.134. The molecular weight excluding hydrogens is 400 g/mol. The summed E-state index contributed by atoms with van der Waals surface area (Å²) in [7, 11) is 1.65. The number of rotatable bonds is 5. The van der Waals surface area contributed by atoms with E-state index in [9.17, 15) is 4.79 Å². The number of benzene rings is 1. The van der Waals surface area contributed by atoms with Crippen LogP contribution in [0.3, 0.4) is 0 Å². The van der Waals surface area contributed by atoms with Crippen LogP contribution in [0, 0.1) is 20.8 Å². The largest absolute Gasteiger partial charge is 0.496 e. The van der Waals surface area contributed by atoms with Crippen molar-refractivity contribution >= 4 is 5.91 Å². The first kappa shape index (κ1) is 21.9. The van der Waals surface area contributed by atoms with Crippen LogP contribution in [0.2, 0.25) is 0 Å². The van der Waals surface area contributed by atoms with E-state index in [4.69, 9.17) is 9.72 Å². The van der Waals surface area contributed by atoms with Crippen LogP contribution in [-0.2, 0) is 11.2 Å². The average molecular weight is 431 g/mol. The minimum atomic E-state index is -0.0729. The average Bonchev–Trinajstić information content (AvgIpc) is 2.80. The molecule has 1 fully saturated rings. The quantitative estimate of drug-likeness (QED) is 0.583. The van der Waals surface area contributed by atoms with Crippen molar-refractivity contribution < 1.29 is 9.53 Å². The molecule has 6 heteroatoms. The van der Waals surface area contributed by atoms with Gasteiger partial charge in [-0.3, -0.25) is 9.78 Å². The molecule has 1 aliphatic rings. The standard InChI is InChI=1S/C26H30N4O2/c1-17-8-9-24(32-4)20(13-17)14-25(31)30-12-6-5-7-23(30)26-22(16-28-19(3)29-26)21-10-11-27-15-18(21)2/h8-11,13,15-16,23H,5-7,12,14H2,1-4H3. The van der Waals surface area contributed by atoms with Gasteiger partial charge in [0.2, 0.25) is 5.91 Å². The van der Waals surface area contributed by atoms with Crippen LogP contribution in [0.5, 0.6) is 5.75 Å². The van der Waals surface area contributed by atoms with E-state index in [2.05, 4.69) is 9.97 Å². The summed E-state index contributed by atoms with van der Waals surface area (Å²) in [6, 6.07) is 7.90. The molecule has 0 radical (unpaired) electrons. The maximum atomic E-state index is 13.5. The van der Waals surface area contributed by atoms with Gasteiger partial charge in [0.25, 0.3) is 0 Å². The predicted molar refractivity (Wildman–Crippen MR) is 124 cm³/mol. The topological polar surface area (TPSA) is 68.2 Å². The third-order valence-corrected chi connectivity index (χ3v) is 6.17. The van der Waals surface area contributed by atoms with E-state index in [1.165, 1.54) is 0 Å². The second-order valence-electron chi connectivity index (χ2n) is 8.50. The van der Waals surface area contributed by atoms with Gasteiger partial charge in [0.05, 0.1) is 25.3 Å². The Balaban J connectivity index is 1.71. The first-order valence-electron chi connectivity index (χ1n) is 11.2.